The SMILES string of the molecule is NC(=O)c1ccc2ncc(-c3ccc(-n4nc(C(F)(F)F)cc4C4CC4)cc3)nc2c1. The van der Waals surface area contributed by atoms with Crippen molar-refractivity contribution in [3.63, 3.8) is 0 Å². The van der Waals surface area contributed by atoms with Gasteiger partial charge in [-0.1, -0.05) is 12.1 Å². The van der Waals surface area contributed by atoms with Crippen LogP contribution >= 0.6 is 0 Å². The summed E-state index contributed by atoms with van der Waals surface area (Å²) in [7, 11) is 0. The van der Waals surface area contributed by atoms with Crippen molar-refractivity contribution in [3.8, 4) is 16.9 Å². The molecule has 0 saturated heterocycles. The summed E-state index contributed by atoms with van der Waals surface area (Å²) < 4.78 is 40.8. The van der Waals surface area contributed by atoms with Crippen molar-refractivity contribution in [2.75, 3.05) is 0 Å². The van der Waals surface area contributed by atoms with Crippen molar-refractivity contribution >= 4 is 16.9 Å². The first-order valence-electron chi connectivity index (χ1n) is 9.64. The van der Waals surface area contributed by atoms with Gasteiger partial charge in [-0.25, -0.2) is 9.67 Å². The third-order valence-corrected chi connectivity index (χ3v) is 5.26. The molecule has 2 aromatic carbocycles. The monoisotopic (exact) mass is 423 g/mol. The first-order valence-corrected chi connectivity index (χ1v) is 9.64. The lowest BCUT2D eigenvalue weighted by Gasteiger charge is -2.08. The summed E-state index contributed by atoms with van der Waals surface area (Å²) in [5.41, 5.74) is 8.35. The van der Waals surface area contributed by atoms with Gasteiger partial charge < -0.3 is 5.73 Å². The molecule has 0 spiro atoms. The van der Waals surface area contributed by atoms with Crippen molar-refractivity contribution in [3.05, 3.63) is 71.7 Å². The molecule has 2 N–H and O–H groups in total. The fourth-order valence-corrected chi connectivity index (χ4v) is 3.49. The molecule has 0 atom stereocenters. The average molecular weight is 423 g/mol. The number of hydrogen-bond donors (Lipinski definition) is 1. The normalized spacial score (nSPS) is 14.2. The molecule has 31 heavy (non-hydrogen) atoms. The molecule has 9 heteroatoms. The summed E-state index contributed by atoms with van der Waals surface area (Å²) in [6.07, 6.45) is -1.16. The van der Waals surface area contributed by atoms with E-state index in [0.717, 1.165) is 24.5 Å². The maximum absolute atomic E-state index is 13.2. The largest absolute Gasteiger partial charge is 0.435 e. The van der Waals surface area contributed by atoms with Crippen LogP contribution in [0.2, 0.25) is 0 Å². The van der Waals surface area contributed by atoms with Gasteiger partial charge in [-0.05, 0) is 49.2 Å². The smallest absolute Gasteiger partial charge is 0.366 e. The van der Waals surface area contributed by atoms with Crippen LogP contribution in [0.4, 0.5) is 13.2 Å². The first-order chi connectivity index (χ1) is 14.8. The first kappa shape index (κ1) is 19.2. The molecular weight excluding hydrogens is 407 g/mol. The van der Waals surface area contributed by atoms with Gasteiger partial charge in [-0.2, -0.15) is 18.3 Å². The summed E-state index contributed by atoms with van der Waals surface area (Å²) in [6, 6.07) is 12.9. The Morgan fingerprint density at radius 3 is 2.42 bits per heavy atom. The highest BCUT2D eigenvalue weighted by Crippen LogP contribution is 2.43. The summed E-state index contributed by atoms with van der Waals surface area (Å²) in [5, 5.41) is 3.80. The van der Waals surface area contributed by atoms with Crippen LogP contribution in [0.5, 0.6) is 0 Å². The number of aromatic nitrogens is 4. The molecule has 1 amide bonds. The molecule has 4 aromatic rings. The summed E-state index contributed by atoms with van der Waals surface area (Å²) in [6.45, 7) is 0. The second-order valence-corrected chi connectivity index (χ2v) is 7.51. The van der Waals surface area contributed by atoms with Gasteiger partial charge in [0.1, 0.15) is 0 Å². The van der Waals surface area contributed by atoms with Crippen molar-refractivity contribution < 1.29 is 18.0 Å². The van der Waals surface area contributed by atoms with E-state index in [0.29, 0.717) is 33.7 Å². The molecule has 0 unspecified atom stereocenters. The lowest BCUT2D eigenvalue weighted by atomic mass is 10.1. The van der Waals surface area contributed by atoms with Crippen molar-refractivity contribution in [1.29, 1.82) is 0 Å². The molecule has 1 aliphatic rings. The maximum Gasteiger partial charge on any atom is 0.435 e. The van der Waals surface area contributed by atoms with Crippen LogP contribution in [-0.2, 0) is 6.18 Å². The summed E-state index contributed by atoms with van der Waals surface area (Å²) in [5.74, 6) is -0.448. The minimum atomic E-state index is -4.49. The number of fused-ring (bicyclic) bond motifs is 1. The highest BCUT2D eigenvalue weighted by molar-refractivity contribution is 5.96. The number of halogens is 3. The molecule has 2 heterocycles. The number of nitrogens with two attached hydrogens (primary N) is 1. The highest BCUT2D eigenvalue weighted by atomic mass is 19.4. The standard InChI is InChI=1S/C22H16F3N5O/c23-22(24,25)20-10-19(13-1-2-13)30(29-20)15-6-3-12(4-7-15)18-11-27-16-8-5-14(21(26)31)9-17(16)28-18/h3-11,13H,1-2H2,(H2,26,31). The quantitative estimate of drug-likeness (QED) is 0.524. The van der Waals surface area contributed by atoms with Crippen LogP contribution in [0.1, 0.15) is 40.5 Å². The molecule has 0 aliphatic heterocycles. The Hall–Kier alpha value is -3.75. The minimum Gasteiger partial charge on any atom is -0.366 e. The molecule has 1 aliphatic carbocycles. The number of carbonyl (C=O) groups excluding carboxylic acids is 1. The van der Waals surface area contributed by atoms with Crippen molar-refractivity contribution in [2.24, 2.45) is 5.73 Å². The van der Waals surface area contributed by atoms with Gasteiger partial charge >= 0.3 is 6.18 Å². The predicted molar refractivity (Wildman–Crippen MR) is 108 cm³/mol. The van der Waals surface area contributed by atoms with E-state index in [-0.39, 0.29) is 5.92 Å². The van der Waals surface area contributed by atoms with E-state index in [2.05, 4.69) is 15.1 Å². The molecule has 6 nitrogen and oxygen atoms in total. The lowest BCUT2D eigenvalue weighted by molar-refractivity contribution is -0.141. The Bertz CT molecular complexity index is 1310. The number of carbonyl (C=O) groups is 1. The second-order valence-electron chi connectivity index (χ2n) is 7.51. The van der Waals surface area contributed by atoms with E-state index < -0.39 is 17.8 Å². The zero-order chi connectivity index (χ0) is 21.8. The Morgan fingerprint density at radius 1 is 1.03 bits per heavy atom. The number of primary amides is 1. The van der Waals surface area contributed by atoms with Crippen LogP contribution in [-0.4, -0.2) is 25.7 Å². The van der Waals surface area contributed by atoms with Crippen LogP contribution in [0.25, 0.3) is 28.0 Å². The molecule has 0 radical (unpaired) electrons. The van der Waals surface area contributed by atoms with Gasteiger partial charge in [-0.3, -0.25) is 9.78 Å². The topological polar surface area (TPSA) is 86.7 Å². The summed E-state index contributed by atoms with van der Waals surface area (Å²) in [4.78, 5) is 20.3. The van der Waals surface area contributed by atoms with E-state index in [1.807, 2.05) is 0 Å². The number of benzene rings is 2. The second kappa shape index (κ2) is 6.90. The Labute approximate surface area is 174 Å². The minimum absolute atomic E-state index is 0.106. The van der Waals surface area contributed by atoms with E-state index in [1.54, 1.807) is 48.7 Å². The van der Waals surface area contributed by atoms with Gasteiger partial charge in [0.15, 0.2) is 5.69 Å². The Morgan fingerprint density at radius 2 is 1.77 bits per heavy atom. The van der Waals surface area contributed by atoms with E-state index in [4.69, 9.17) is 5.73 Å². The third kappa shape index (κ3) is 3.63. The van der Waals surface area contributed by atoms with E-state index in [9.17, 15) is 18.0 Å². The number of amides is 1. The fraction of sp³-hybridized carbons (Fsp3) is 0.182. The van der Waals surface area contributed by atoms with Crippen molar-refractivity contribution in [2.45, 2.75) is 24.9 Å². The third-order valence-electron chi connectivity index (χ3n) is 5.26. The van der Waals surface area contributed by atoms with E-state index >= 15 is 0 Å². The molecule has 0 bridgehead atoms. The molecule has 2 aromatic heterocycles. The maximum atomic E-state index is 13.2. The average Bonchev–Trinajstić information content (AvgIpc) is 3.49. The van der Waals surface area contributed by atoms with Crippen LogP contribution in [0, 0.1) is 0 Å². The molecule has 5 rings (SSSR count). The van der Waals surface area contributed by atoms with Crippen LogP contribution < -0.4 is 5.73 Å². The van der Waals surface area contributed by atoms with Gasteiger partial charge in [-0.15, -0.1) is 0 Å². The van der Waals surface area contributed by atoms with Crippen LogP contribution in [0.3, 0.4) is 0 Å². The zero-order valence-electron chi connectivity index (χ0n) is 16.1. The van der Waals surface area contributed by atoms with Gasteiger partial charge in [0.25, 0.3) is 0 Å². The van der Waals surface area contributed by atoms with Gasteiger partial charge in [0.05, 0.1) is 28.6 Å². The highest BCUT2D eigenvalue weighted by Gasteiger charge is 2.38. The molecule has 156 valence electrons. The molecule has 1 fully saturated rings. The Balaban J connectivity index is 1.51. The van der Waals surface area contributed by atoms with Gasteiger partial charge in [0.2, 0.25) is 5.91 Å². The summed E-state index contributed by atoms with van der Waals surface area (Å²) >= 11 is 0. The van der Waals surface area contributed by atoms with Gasteiger partial charge in [0, 0.05) is 22.7 Å². The predicted octanol–water partition coefficient (Wildman–Crippen LogP) is 4.48. The van der Waals surface area contributed by atoms with Crippen LogP contribution in [0.15, 0.2) is 54.7 Å². The van der Waals surface area contributed by atoms with Crippen molar-refractivity contribution in [1.82, 2.24) is 19.7 Å². The number of rotatable bonds is 4. The molecule has 1 saturated carbocycles. The lowest BCUT2D eigenvalue weighted by Crippen LogP contribution is -2.10. The number of hydrogen-bond acceptors (Lipinski definition) is 4. The molecular formula is C22H16F3N5O. The zero-order valence-corrected chi connectivity index (χ0v) is 16.1. The number of nitrogens with zero attached hydrogens (tertiary/aromatic N) is 4. The Kier molecular flexibility index (Phi) is 4.28. The number of alkyl halides is 3. The van der Waals surface area contributed by atoms with E-state index in [1.165, 1.54) is 4.68 Å². The fourth-order valence-electron chi connectivity index (χ4n) is 3.49.